The maximum atomic E-state index is 4.67. The lowest BCUT2D eigenvalue weighted by Crippen LogP contribution is -2.12. The van der Waals surface area contributed by atoms with Crippen molar-refractivity contribution in [3.63, 3.8) is 0 Å². The molecule has 0 amide bonds. The van der Waals surface area contributed by atoms with Crippen molar-refractivity contribution < 1.29 is 0 Å². The second-order valence-corrected chi connectivity index (χ2v) is 6.15. The van der Waals surface area contributed by atoms with Crippen LogP contribution in [0.5, 0.6) is 0 Å². The standard InChI is InChI=1S/C18H23N5/c1-13(2)18-19-11-12-23(18)14(3)17-20-16(21-22-17)10-9-15-7-5-4-6-8-15/h4-8,11-14H,9-10H2,1-3H3,(H,20,21,22)/t14-/m0/s1. The second kappa shape index (κ2) is 6.77. The quantitative estimate of drug-likeness (QED) is 0.758. The van der Waals surface area contributed by atoms with Crippen LogP contribution in [0.3, 0.4) is 0 Å². The van der Waals surface area contributed by atoms with Gasteiger partial charge in [0.25, 0.3) is 0 Å². The van der Waals surface area contributed by atoms with Gasteiger partial charge >= 0.3 is 0 Å². The van der Waals surface area contributed by atoms with E-state index in [1.807, 2.05) is 18.5 Å². The fraction of sp³-hybridized carbons (Fsp3) is 0.389. The number of imidazole rings is 1. The number of rotatable bonds is 6. The molecule has 2 heterocycles. The van der Waals surface area contributed by atoms with Crippen LogP contribution in [-0.2, 0) is 12.8 Å². The van der Waals surface area contributed by atoms with Crippen LogP contribution in [0.25, 0.3) is 0 Å². The zero-order valence-electron chi connectivity index (χ0n) is 13.9. The maximum absolute atomic E-state index is 4.67. The molecule has 0 spiro atoms. The van der Waals surface area contributed by atoms with E-state index in [4.69, 9.17) is 0 Å². The largest absolute Gasteiger partial charge is 0.324 e. The number of nitrogens with one attached hydrogen (secondary N) is 1. The molecule has 5 heteroatoms. The minimum absolute atomic E-state index is 0.0802. The maximum Gasteiger partial charge on any atom is 0.173 e. The molecule has 3 rings (SSSR count). The number of hydrogen-bond acceptors (Lipinski definition) is 3. The molecule has 5 nitrogen and oxygen atoms in total. The van der Waals surface area contributed by atoms with Crippen LogP contribution in [-0.4, -0.2) is 24.7 Å². The predicted octanol–water partition coefficient (Wildman–Crippen LogP) is 3.52. The lowest BCUT2D eigenvalue weighted by Gasteiger charge is -2.15. The molecule has 1 aromatic carbocycles. The molecule has 23 heavy (non-hydrogen) atoms. The molecule has 2 aromatic heterocycles. The summed E-state index contributed by atoms with van der Waals surface area (Å²) in [5, 5.41) is 7.47. The van der Waals surface area contributed by atoms with Gasteiger partial charge in [0.15, 0.2) is 5.82 Å². The summed E-state index contributed by atoms with van der Waals surface area (Å²) < 4.78 is 2.15. The first kappa shape index (κ1) is 15.5. The lowest BCUT2D eigenvalue weighted by molar-refractivity contribution is 0.553. The van der Waals surface area contributed by atoms with Crippen molar-refractivity contribution >= 4 is 0 Å². The summed E-state index contributed by atoms with van der Waals surface area (Å²) in [5.74, 6) is 3.19. The van der Waals surface area contributed by atoms with E-state index in [2.05, 4.69) is 69.8 Å². The average molecular weight is 309 g/mol. The fourth-order valence-corrected chi connectivity index (χ4v) is 2.74. The van der Waals surface area contributed by atoms with Crippen LogP contribution >= 0.6 is 0 Å². The molecular weight excluding hydrogens is 286 g/mol. The van der Waals surface area contributed by atoms with E-state index < -0.39 is 0 Å². The van der Waals surface area contributed by atoms with Crippen LogP contribution < -0.4 is 0 Å². The molecule has 3 aromatic rings. The molecule has 0 bridgehead atoms. The van der Waals surface area contributed by atoms with E-state index in [-0.39, 0.29) is 6.04 Å². The first-order valence-electron chi connectivity index (χ1n) is 8.13. The highest BCUT2D eigenvalue weighted by Crippen LogP contribution is 2.20. The number of benzene rings is 1. The summed E-state index contributed by atoms with van der Waals surface area (Å²) in [6.45, 7) is 6.40. The van der Waals surface area contributed by atoms with Crippen LogP contribution in [0.15, 0.2) is 42.7 Å². The molecule has 0 saturated carbocycles. The number of hydrogen-bond donors (Lipinski definition) is 1. The Kier molecular flexibility index (Phi) is 4.55. The highest BCUT2D eigenvalue weighted by molar-refractivity contribution is 5.15. The van der Waals surface area contributed by atoms with E-state index in [0.29, 0.717) is 5.92 Å². The van der Waals surface area contributed by atoms with Crippen molar-refractivity contribution in [2.24, 2.45) is 0 Å². The monoisotopic (exact) mass is 309 g/mol. The van der Waals surface area contributed by atoms with Crippen molar-refractivity contribution in [3.05, 3.63) is 65.8 Å². The summed E-state index contributed by atoms with van der Waals surface area (Å²) in [7, 11) is 0. The zero-order chi connectivity index (χ0) is 16.2. The van der Waals surface area contributed by atoms with Crippen molar-refractivity contribution in [2.45, 2.75) is 45.6 Å². The zero-order valence-corrected chi connectivity index (χ0v) is 13.9. The number of aromatic nitrogens is 5. The fourth-order valence-electron chi connectivity index (χ4n) is 2.74. The van der Waals surface area contributed by atoms with Gasteiger partial charge in [-0.3, -0.25) is 5.10 Å². The summed E-state index contributed by atoms with van der Waals surface area (Å²) in [5.41, 5.74) is 1.32. The van der Waals surface area contributed by atoms with Crippen LogP contribution in [0.2, 0.25) is 0 Å². The minimum Gasteiger partial charge on any atom is -0.324 e. The first-order valence-corrected chi connectivity index (χ1v) is 8.13. The van der Waals surface area contributed by atoms with Gasteiger partial charge in [-0.15, -0.1) is 0 Å². The Hall–Kier alpha value is -2.43. The minimum atomic E-state index is 0.0802. The van der Waals surface area contributed by atoms with Crippen LogP contribution in [0.4, 0.5) is 0 Å². The van der Waals surface area contributed by atoms with Gasteiger partial charge in [0.2, 0.25) is 0 Å². The summed E-state index contributed by atoms with van der Waals surface area (Å²) in [4.78, 5) is 9.11. The van der Waals surface area contributed by atoms with Gasteiger partial charge in [-0.2, -0.15) is 5.10 Å². The lowest BCUT2D eigenvalue weighted by atomic mass is 10.1. The van der Waals surface area contributed by atoms with Gasteiger partial charge in [-0.05, 0) is 18.9 Å². The van der Waals surface area contributed by atoms with Gasteiger partial charge < -0.3 is 4.57 Å². The van der Waals surface area contributed by atoms with E-state index in [0.717, 1.165) is 30.3 Å². The van der Waals surface area contributed by atoms with Crippen molar-refractivity contribution in [3.8, 4) is 0 Å². The molecule has 0 fully saturated rings. The summed E-state index contributed by atoms with van der Waals surface area (Å²) in [6, 6.07) is 10.5. The molecule has 0 aliphatic heterocycles. The van der Waals surface area contributed by atoms with E-state index >= 15 is 0 Å². The Morgan fingerprint density at radius 2 is 1.87 bits per heavy atom. The van der Waals surface area contributed by atoms with Gasteiger partial charge in [-0.1, -0.05) is 44.2 Å². The molecule has 0 saturated heterocycles. The smallest absolute Gasteiger partial charge is 0.173 e. The SMILES string of the molecule is CC(C)c1nccn1[C@@H](C)c1n[nH]c(CCc2ccccc2)n1. The third-order valence-electron chi connectivity index (χ3n) is 4.05. The van der Waals surface area contributed by atoms with Crippen molar-refractivity contribution in [1.82, 2.24) is 24.7 Å². The number of H-pyrrole nitrogens is 1. The molecule has 1 atom stereocenters. The highest BCUT2D eigenvalue weighted by atomic mass is 15.2. The summed E-state index contributed by atoms with van der Waals surface area (Å²) in [6.07, 6.45) is 5.67. The van der Waals surface area contributed by atoms with Crippen LogP contribution in [0.1, 0.15) is 55.8 Å². The Balaban J connectivity index is 1.70. The topological polar surface area (TPSA) is 59.4 Å². The Morgan fingerprint density at radius 3 is 2.61 bits per heavy atom. The van der Waals surface area contributed by atoms with E-state index in [1.54, 1.807) is 0 Å². The van der Waals surface area contributed by atoms with Gasteiger partial charge in [0, 0.05) is 24.7 Å². The normalized spacial score (nSPS) is 12.7. The molecule has 1 N–H and O–H groups in total. The molecule has 0 unspecified atom stereocenters. The Morgan fingerprint density at radius 1 is 1.09 bits per heavy atom. The van der Waals surface area contributed by atoms with E-state index in [9.17, 15) is 0 Å². The highest BCUT2D eigenvalue weighted by Gasteiger charge is 2.18. The van der Waals surface area contributed by atoms with Crippen molar-refractivity contribution in [1.29, 1.82) is 0 Å². The molecular formula is C18H23N5. The van der Waals surface area contributed by atoms with Gasteiger partial charge in [-0.25, -0.2) is 9.97 Å². The number of nitrogens with zero attached hydrogens (tertiary/aromatic N) is 4. The molecule has 0 aliphatic rings. The van der Waals surface area contributed by atoms with Crippen molar-refractivity contribution in [2.75, 3.05) is 0 Å². The third-order valence-corrected chi connectivity index (χ3v) is 4.05. The second-order valence-electron chi connectivity index (χ2n) is 6.15. The number of aromatic amines is 1. The predicted molar refractivity (Wildman–Crippen MR) is 90.4 cm³/mol. The Bertz CT molecular complexity index is 742. The molecule has 120 valence electrons. The molecule has 0 radical (unpaired) electrons. The first-order chi connectivity index (χ1) is 11.1. The third kappa shape index (κ3) is 3.50. The number of aryl methyl sites for hydroxylation is 2. The van der Waals surface area contributed by atoms with E-state index in [1.165, 1.54) is 5.56 Å². The van der Waals surface area contributed by atoms with Gasteiger partial charge in [0.1, 0.15) is 11.6 Å². The van der Waals surface area contributed by atoms with Gasteiger partial charge in [0.05, 0.1) is 6.04 Å². The van der Waals surface area contributed by atoms with Crippen LogP contribution in [0, 0.1) is 0 Å². The molecule has 0 aliphatic carbocycles. The Labute approximate surface area is 136 Å². The summed E-state index contributed by atoms with van der Waals surface area (Å²) >= 11 is 0. The average Bonchev–Trinajstić information content (AvgIpc) is 3.22.